The predicted molar refractivity (Wildman–Crippen MR) is 78.5 cm³/mol. The van der Waals surface area contributed by atoms with E-state index in [4.69, 9.17) is 19.4 Å². The maximum Gasteiger partial charge on any atom is 0.115 e. The normalized spacial score (nSPS) is 12.3. The van der Waals surface area contributed by atoms with Crippen LogP contribution >= 0.6 is 11.6 Å². The first-order valence-electron chi connectivity index (χ1n) is 5.99. The van der Waals surface area contributed by atoms with Gasteiger partial charge in [0.2, 0.25) is 0 Å². The van der Waals surface area contributed by atoms with Crippen LogP contribution in [0, 0.1) is 0 Å². The van der Waals surface area contributed by atoms with Gasteiger partial charge in [0.05, 0.1) is 0 Å². The van der Waals surface area contributed by atoms with Crippen LogP contribution < -0.4 is 10.8 Å². The molecule has 0 unspecified atom stereocenters. The van der Waals surface area contributed by atoms with Crippen molar-refractivity contribution < 1.29 is 0 Å². The van der Waals surface area contributed by atoms with Crippen LogP contribution in [0.15, 0.2) is 48.5 Å². The third-order valence-electron chi connectivity index (χ3n) is 2.97. The first-order chi connectivity index (χ1) is 8.66. The van der Waals surface area contributed by atoms with E-state index >= 15 is 0 Å². The molecule has 0 aliphatic carbocycles. The summed E-state index contributed by atoms with van der Waals surface area (Å²) in [5.41, 5.74) is 3.04. The highest BCUT2D eigenvalue weighted by atomic mass is 35.5. The van der Waals surface area contributed by atoms with Crippen LogP contribution in [0.1, 0.15) is 24.1 Å². The zero-order valence-electron chi connectivity index (χ0n) is 10.4. The van der Waals surface area contributed by atoms with E-state index in [0.29, 0.717) is 16.5 Å². The summed E-state index contributed by atoms with van der Waals surface area (Å²) >= 11 is 5.89. The lowest BCUT2D eigenvalue weighted by atomic mass is 9.94. The topological polar surface area (TPSA) is 12.0 Å². The molecule has 2 rings (SSSR count). The second kappa shape index (κ2) is 6.08. The number of hydrogen-bond acceptors (Lipinski definition) is 1. The molecule has 0 aromatic heterocycles. The fourth-order valence-corrected chi connectivity index (χ4v) is 1.95. The molecule has 1 nitrogen and oxygen atoms in total. The molecule has 0 aliphatic rings. The predicted octanol–water partition coefficient (Wildman–Crippen LogP) is 2.98. The standard InChI is InChI=1S/C15H15BClN/c1-11(13-5-3-2-4-6-13)18-10-12-7-8-15(17)14(16)9-12/h2-9,11,18H,10H2,1H3/t11-/m1/s1. The fraction of sp³-hybridized carbons (Fsp3) is 0.200. The van der Waals surface area contributed by atoms with Crippen molar-refractivity contribution in [3.8, 4) is 0 Å². The van der Waals surface area contributed by atoms with Crippen molar-refractivity contribution in [2.24, 2.45) is 0 Å². The molecule has 0 fully saturated rings. The molecule has 0 spiro atoms. The molecule has 0 heterocycles. The Morgan fingerprint density at radius 1 is 1.17 bits per heavy atom. The van der Waals surface area contributed by atoms with Crippen molar-refractivity contribution in [1.82, 2.24) is 5.32 Å². The highest BCUT2D eigenvalue weighted by molar-refractivity contribution is 6.45. The summed E-state index contributed by atoms with van der Waals surface area (Å²) in [5.74, 6) is 0. The maximum atomic E-state index is 5.89. The summed E-state index contributed by atoms with van der Waals surface area (Å²) in [6, 6.07) is 16.4. The Labute approximate surface area is 115 Å². The van der Waals surface area contributed by atoms with Gasteiger partial charge in [0, 0.05) is 17.6 Å². The van der Waals surface area contributed by atoms with Gasteiger partial charge in [-0.25, -0.2) is 0 Å². The van der Waals surface area contributed by atoms with Crippen molar-refractivity contribution in [2.75, 3.05) is 0 Å². The summed E-state index contributed by atoms with van der Waals surface area (Å²) in [4.78, 5) is 0. The van der Waals surface area contributed by atoms with Crippen LogP contribution in [-0.2, 0) is 6.54 Å². The maximum absolute atomic E-state index is 5.89. The molecule has 18 heavy (non-hydrogen) atoms. The zero-order chi connectivity index (χ0) is 13.0. The monoisotopic (exact) mass is 255 g/mol. The lowest BCUT2D eigenvalue weighted by molar-refractivity contribution is 0.575. The molecule has 0 saturated heterocycles. The third-order valence-corrected chi connectivity index (χ3v) is 3.32. The second-order valence-corrected chi connectivity index (χ2v) is 4.78. The van der Waals surface area contributed by atoms with Crippen LogP contribution in [0.4, 0.5) is 0 Å². The van der Waals surface area contributed by atoms with E-state index in [-0.39, 0.29) is 0 Å². The largest absolute Gasteiger partial charge is 0.306 e. The summed E-state index contributed by atoms with van der Waals surface area (Å²) in [5, 5.41) is 4.07. The van der Waals surface area contributed by atoms with Gasteiger partial charge in [0.25, 0.3) is 0 Å². The smallest absolute Gasteiger partial charge is 0.115 e. The Morgan fingerprint density at radius 2 is 1.89 bits per heavy atom. The third kappa shape index (κ3) is 3.38. The number of halogens is 1. The molecule has 1 atom stereocenters. The highest BCUT2D eigenvalue weighted by Crippen LogP contribution is 2.12. The molecule has 2 radical (unpaired) electrons. The highest BCUT2D eigenvalue weighted by Gasteiger charge is 2.04. The van der Waals surface area contributed by atoms with E-state index in [1.54, 1.807) is 0 Å². The molecule has 1 N–H and O–H groups in total. The minimum absolute atomic E-state index is 0.308. The van der Waals surface area contributed by atoms with Gasteiger partial charge in [-0.1, -0.05) is 59.5 Å². The van der Waals surface area contributed by atoms with Crippen LogP contribution in [0.2, 0.25) is 5.02 Å². The van der Waals surface area contributed by atoms with Crippen molar-refractivity contribution >= 4 is 24.9 Å². The van der Waals surface area contributed by atoms with E-state index in [1.165, 1.54) is 5.56 Å². The van der Waals surface area contributed by atoms with Crippen molar-refractivity contribution in [3.05, 3.63) is 64.7 Å². The van der Waals surface area contributed by atoms with Gasteiger partial charge in [0.1, 0.15) is 7.85 Å². The van der Waals surface area contributed by atoms with Gasteiger partial charge < -0.3 is 5.32 Å². The van der Waals surface area contributed by atoms with Crippen molar-refractivity contribution in [1.29, 1.82) is 0 Å². The van der Waals surface area contributed by atoms with Gasteiger partial charge in [-0.05, 0) is 24.1 Å². The van der Waals surface area contributed by atoms with Gasteiger partial charge >= 0.3 is 0 Å². The Balaban J connectivity index is 1.97. The first kappa shape index (κ1) is 13.2. The Bertz CT molecular complexity index is 513. The van der Waals surface area contributed by atoms with Crippen LogP contribution in [0.25, 0.3) is 0 Å². The fourth-order valence-electron chi connectivity index (χ4n) is 1.83. The van der Waals surface area contributed by atoms with Crippen LogP contribution in [-0.4, -0.2) is 7.85 Å². The summed E-state index contributed by atoms with van der Waals surface area (Å²) in [7, 11) is 5.78. The molecular formula is C15H15BClN. The molecule has 0 aliphatic heterocycles. The Kier molecular flexibility index (Phi) is 4.46. The van der Waals surface area contributed by atoms with E-state index < -0.39 is 0 Å². The van der Waals surface area contributed by atoms with E-state index in [2.05, 4.69) is 24.4 Å². The molecule has 3 heteroatoms. The Hall–Kier alpha value is -1.25. The molecule has 0 saturated carbocycles. The van der Waals surface area contributed by atoms with Crippen LogP contribution in [0.5, 0.6) is 0 Å². The average molecular weight is 256 g/mol. The quantitative estimate of drug-likeness (QED) is 0.828. The first-order valence-corrected chi connectivity index (χ1v) is 6.37. The van der Waals surface area contributed by atoms with Gasteiger partial charge in [-0.15, -0.1) is 0 Å². The summed E-state index contributed by atoms with van der Waals surface area (Å²) in [6.45, 7) is 2.92. The minimum Gasteiger partial charge on any atom is -0.306 e. The lowest BCUT2D eigenvalue weighted by Crippen LogP contribution is -2.19. The SMILES string of the molecule is [B]c1cc(CN[C@H](C)c2ccccc2)ccc1Cl. The number of benzene rings is 2. The molecule has 2 aromatic carbocycles. The molecule has 2 aromatic rings. The number of rotatable bonds is 4. The van der Waals surface area contributed by atoms with Gasteiger partial charge in [0.15, 0.2) is 0 Å². The average Bonchev–Trinajstić information content (AvgIpc) is 2.41. The molecule has 90 valence electrons. The number of hydrogen-bond donors (Lipinski definition) is 1. The van der Waals surface area contributed by atoms with Crippen LogP contribution in [0.3, 0.4) is 0 Å². The van der Waals surface area contributed by atoms with Gasteiger partial charge in [-0.2, -0.15) is 0 Å². The van der Waals surface area contributed by atoms with E-state index in [0.717, 1.165) is 12.1 Å². The summed E-state index contributed by atoms with van der Waals surface area (Å²) in [6.07, 6.45) is 0. The Morgan fingerprint density at radius 3 is 2.56 bits per heavy atom. The van der Waals surface area contributed by atoms with E-state index in [1.807, 2.05) is 36.4 Å². The molecule has 0 amide bonds. The van der Waals surface area contributed by atoms with Gasteiger partial charge in [-0.3, -0.25) is 0 Å². The minimum atomic E-state index is 0.308. The second-order valence-electron chi connectivity index (χ2n) is 4.37. The summed E-state index contributed by atoms with van der Waals surface area (Å²) < 4.78 is 0. The van der Waals surface area contributed by atoms with Crippen molar-refractivity contribution in [2.45, 2.75) is 19.5 Å². The number of nitrogens with one attached hydrogen (secondary N) is 1. The van der Waals surface area contributed by atoms with Crippen molar-refractivity contribution in [3.63, 3.8) is 0 Å². The lowest BCUT2D eigenvalue weighted by Gasteiger charge is -2.14. The van der Waals surface area contributed by atoms with E-state index in [9.17, 15) is 0 Å². The zero-order valence-corrected chi connectivity index (χ0v) is 11.1. The molecule has 0 bridgehead atoms. The molecular weight excluding hydrogens is 240 g/mol.